The molecule has 0 amide bonds. The summed E-state index contributed by atoms with van der Waals surface area (Å²) >= 11 is 9.10. The first-order valence-corrected chi connectivity index (χ1v) is 16.3. The Morgan fingerprint density at radius 2 is 1.09 bits per heavy atom. The Bertz CT molecular complexity index is 1370. The summed E-state index contributed by atoms with van der Waals surface area (Å²) in [5, 5.41) is 24.1. The summed E-state index contributed by atoms with van der Waals surface area (Å²) in [5.74, 6) is 0.384. The maximum Gasteiger partial charge on any atom is 0.471 e. The molecule has 0 saturated heterocycles. The molecule has 0 saturated carbocycles. The lowest BCUT2D eigenvalue weighted by Gasteiger charge is -1.96. The molecule has 236 valence electrons. The fourth-order valence-electron chi connectivity index (χ4n) is 2.41. The summed E-state index contributed by atoms with van der Waals surface area (Å²) in [5.41, 5.74) is 1.70. The number of nitrogens with two attached hydrogens (primary N) is 1. The Morgan fingerprint density at radius 3 is 1.35 bits per heavy atom. The second-order valence-corrected chi connectivity index (χ2v) is 17.6. The second kappa shape index (κ2) is 21.1. The molecule has 0 aliphatic carbocycles. The zero-order chi connectivity index (χ0) is 33.2. The van der Waals surface area contributed by atoms with Crippen molar-refractivity contribution in [3.8, 4) is 22.8 Å². The smallest absolute Gasteiger partial charge is 0.411 e. The lowest BCUT2D eigenvalue weighted by atomic mass is 10.1. The van der Waals surface area contributed by atoms with E-state index in [1.807, 2.05) is 4.93 Å². The largest absolute Gasteiger partial charge is 0.471 e. The molecule has 0 fully saturated rings. The standard InChI is InChI=1S/C10H6F3N3O2.C10H5F3N2O2.CHI3.CH3I.H3NO/c11-10(12,13)9-15-8(16-18-9)7-3-1-6(2-4-7)5-14-17;11-10(12,13)9-14-8(15-17-9)7-3-1-6(5-16)2-4-7;2-1(3)4;2*1-2/h1-5,17H;1-5H;1H;1H3;2H,1H2/b14-5+;;;;. The number of hydrogen-bond acceptors (Lipinski definition) is 11. The third-order valence-corrected chi connectivity index (χ3v) is 4.02. The molecule has 0 aliphatic heterocycles. The van der Waals surface area contributed by atoms with Gasteiger partial charge in [-0.2, -0.15) is 36.3 Å². The molecular weight excluding hydrogens is 1050 g/mol. The van der Waals surface area contributed by atoms with E-state index in [-0.39, 0.29) is 11.6 Å². The van der Waals surface area contributed by atoms with Crippen molar-refractivity contribution in [2.24, 2.45) is 11.1 Å². The number of aromatic nitrogens is 4. The van der Waals surface area contributed by atoms with Gasteiger partial charge in [-0.05, 0) is 10.5 Å². The summed E-state index contributed by atoms with van der Waals surface area (Å²) in [6.07, 6.45) is -7.51. The van der Waals surface area contributed by atoms with Crippen LogP contribution in [0.1, 0.15) is 27.7 Å². The zero-order valence-corrected chi connectivity index (χ0v) is 29.7. The van der Waals surface area contributed by atoms with Gasteiger partial charge in [0.1, 0.15) is 6.22 Å². The van der Waals surface area contributed by atoms with Crippen molar-refractivity contribution in [2.45, 2.75) is 12.3 Å². The van der Waals surface area contributed by atoms with E-state index in [4.69, 9.17) is 10.4 Å². The quantitative estimate of drug-likeness (QED) is 0.0345. The number of alkyl halides is 10. The lowest BCUT2D eigenvalue weighted by Crippen LogP contribution is -2.04. The molecule has 0 bridgehead atoms. The second-order valence-electron chi connectivity index (χ2n) is 6.70. The van der Waals surface area contributed by atoms with Crippen molar-refractivity contribution in [2.75, 3.05) is 4.93 Å². The number of benzene rings is 2. The van der Waals surface area contributed by atoms with Crippen molar-refractivity contribution in [1.29, 1.82) is 0 Å². The van der Waals surface area contributed by atoms with E-state index < -0.39 is 24.1 Å². The Labute approximate surface area is 293 Å². The summed E-state index contributed by atoms with van der Waals surface area (Å²) in [7, 11) is 0. The molecule has 11 nitrogen and oxygen atoms in total. The number of carbonyl (C=O) groups excluding carboxylic acids is 1. The van der Waals surface area contributed by atoms with E-state index in [0.717, 1.165) is -0.0619 Å². The van der Waals surface area contributed by atoms with Gasteiger partial charge < -0.3 is 19.5 Å². The predicted octanol–water partition coefficient (Wildman–Crippen LogP) is 8.09. The SMILES string of the molecule is CI.IC(I)I.NO.O/N=C/c1ccc(-c2noc(C(F)(F)F)n2)cc1.O=Cc1ccc(-c2noc(C(F)(F)F)n2)cc1. The van der Waals surface area contributed by atoms with Gasteiger partial charge in [-0.3, -0.25) is 4.79 Å². The van der Waals surface area contributed by atoms with E-state index in [0.29, 0.717) is 28.5 Å². The molecule has 0 radical (unpaired) electrons. The van der Waals surface area contributed by atoms with Gasteiger partial charge in [0.05, 0.1) is 6.21 Å². The number of halogens is 10. The molecule has 2 aromatic carbocycles. The van der Waals surface area contributed by atoms with E-state index >= 15 is 0 Å². The number of oxime groups is 1. The number of aldehydes is 1. The molecule has 4 aromatic rings. The van der Waals surface area contributed by atoms with Gasteiger partial charge in [0, 0.05) is 16.7 Å². The first kappa shape index (κ1) is 41.3. The summed E-state index contributed by atoms with van der Waals surface area (Å²) in [6.45, 7) is 0. The van der Waals surface area contributed by atoms with Gasteiger partial charge >= 0.3 is 24.1 Å². The van der Waals surface area contributed by atoms with Crippen molar-refractivity contribution in [1.82, 2.24) is 20.3 Å². The highest BCUT2D eigenvalue weighted by molar-refractivity contribution is 14.3. The average molecular weight is 1070 g/mol. The number of hydrogen-bond donors (Lipinski definition) is 3. The lowest BCUT2D eigenvalue weighted by molar-refractivity contribution is -0.160. The molecule has 0 spiro atoms. The predicted molar refractivity (Wildman–Crippen MR) is 176 cm³/mol. The molecule has 4 N–H and O–H groups in total. The minimum Gasteiger partial charge on any atom is -0.411 e. The van der Waals surface area contributed by atoms with E-state index in [9.17, 15) is 31.1 Å². The number of rotatable bonds is 4. The molecule has 0 aliphatic rings. The zero-order valence-electron chi connectivity index (χ0n) is 21.1. The average Bonchev–Trinajstić information content (AvgIpc) is 3.67. The van der Waals surface area contributed by atoms with Crippen LogP contribution >= 0.6 is 90.4 Å². The number of carbonyl (C=O) groups is 1. The van der Waals surface area contributed by atoms with Gasteiger partial charge in [-0.15, -0.1) is 0 Å². The van der Waals surface area contributed by atoms with Gasteiger partial charge in [0.15, 0.2) is 0 Å². The Balaban J connectivity index is 0.000000663. The van der Waals surface area contributed by atoms with Crippen LogP contribution in [0.2, 0.25) is 0 Å². The van der Waals surface area contributed by atoms with E-state index in [1.54, 1.807) is 12.1 Å². The summed E-state index contributed by atoms with van der Waals surface area (Å²) in [4.78, 5) is 18.8. The minimum atomic E-state index is -4.66. The summed E-state index contributed by atoms with van der Waals surface area (Å²) < 4.78 is 82.2. The molecule has 21 heteroatoms. The van der Waals surface area contributed by atoms with Gasteiger partial charge in [0.2, 0.25) is 11.6 Å². The highest BCUT2D eigenvalue weighted by Gasteiger charge is 2.39. The van der Waals surface area contributed by atoms with E-state index in [2.05, 4.69) is 131 Å². The highest BCUT2D eigenvalue weighted by Crippen LogP contribution is 2.30. The van der Waals surface area contributed by atoms with E-state index in [1.165, 1.54) is 42.6 Å². The monoisotopic (exact) mass is 1070 g/mol. The van der Waals surface area contributed by atoms with Crippen molar-refractivity contribution >= 4 is 103 Å². The molecule has 0 unspecified atom stereocenters. The highest BCUT2D eigenvalue weighted by atomic mass is 127. The van der Waals surface area contributed by atoms with Crippen LogP contribution in [0.15, 0.2) is 62.7 Å². The Kier molecular flexibility index (Phi) is 20.2. The number of nitrogens with zero attached hydrogens (tertiary/aromatic N) is 5. The maximum absolute atomic E-state index is 12.2. The first-order valence-electron chi connectivity index (χ1n) is 10.5. The van der Waals surface area contributed by atoms with Crippen LogP contribution < -0.4 is 5.90 Å². The minimum absolute atomic E-state index is 0.158. The fraction of sp³-hybridized carbons (Fsp3) is 0.182. The van der Waals surface area contributed by atoms with Gasteiger partial charge in [0.25, 0.3) is 0 Å². The molecule has 2 heterocycles. The third-order valence-electron chi connectivity index (χ3n) is 4.02. The van der Waals surface area contributed by atoms with Crippen molar-refractivity contribution in [3.63, 3.8) is 0 Å². The van der Waals surface area contributed by atoms with Gasteiger partial charge in [-0.1, -0.05) is 154 Å². The Hall–Kier alpha value is -1.72. The van der Waals surface area contributed by atoms with Crippen LogP contribution in [-0.4, -0.2) is 48.1 Å². The fourth-order valence-corrected chi connectivity index (χ4v) is 2.41. The molecule has 2 aromatic heterocycles. The van der Waals surface area contributed by atoms with Crippen LogP contribution in [-0.2, 0) is 12.4 Å². The maximum atomic E-state index is 12.2. The summed E-state index contributed by atoms with van der Waals surface area (Å²) in [6, 6.07) is 11.8. The van der Waals surface area contributed by atoms with Crippen molar-refractivity contribution in [3.05, 3.63) is 71.4 Å². The molecule has 4 rings (SSSR count). The Morgan fingerprint density at radius 1 is 0.767 bits per heavy atom. The van der Waals surface area contributed by atoms with Crippen LogP contribution in [0.3, 0.4) is 0 Å². The molecule has 43 heavy (non-hydrogen) atoms. The topological polar surface area (TPSA) is 174 Å². The van der Waals surface area contributed by atoms with Crippen LogP contribution in [0.5, 0.6) is 0 Å². The normalized spacial score (nSPS) is 10.7. The van der Waals surface area contributed by atoms with Crippen molar-refractivity contribution < 1.29 is 50.6 Å². The molecular formula is C22H18F6I4N6O5. The molecule has 0 atom stereocenters. The van der Waals surface area contributed by atoms with Crippen LogP contribution in [0.4, 0.5) is 26.3 Å². The van der Waals surface area contributed by atoms with Gasteiger partial charge in [-0.25, -0.2) is 5.90 Å². The van der Waals surface area contributed by atoms with Crippen LogP contribution in [0, 0.1) is 0 Å². The van der Waals surface area contributed by atoms with Crippen LogP contribution in [0.25, 0.3) is 22.8 Å². The third kappa shape index (κ3) is 15.7. The first-order chi connectivity index (χ1) is 20.2.